The van der Waals surface area contributed by atoms with E-state index in [0.29, 0.717) is 32.8 Å². The number of methoxy groups -OCH3 is 2. The molecule has 5 nitrogen and oxygen atoms in total. The van der Waals surface area contributed by atoms with Gasteiger partial charge in [0.2, 0.25) is 0 Å². The minimum Gasteiger partial charge on any atom is -0.423 e. The van der Waals surface area contributed by atoms with E-state index in [9.17, 15) is 4.39 Å². The van der Waals surface area contributed by atoms with Gasteiger partial charge in [0.05, 0.1) is 13.2 Å². The standard InChI is InChI=1S/C13H21BFNO4/c1-19-7-5-16(6-8-20-2)10-11-3-4-13(15)12(9-11)14(17)18/h3-4,9,17-18H,5-8,10H2,1-2H3. The van der Waals surface area contributed by atoms with Gasteiger partial charge in [0.25, 0.3) is 0 Å². The van der Waals surface area contributed by atoms with Crippen LogP contribution in [0.5, 0.6) is 0 Å². The highest BCUT2D eigenvalue weighted by molar-refractivity contribution is 6.58. The van der Waals surface area contributed by atoms with E-state index in [1.165, 1.54) is 12.1 Å². The molecule has 0 radical (unpaired) electrons. The number of rotatable bonds is 9. The van der Waals surface area contributed by atoms with Crippen LogP contribution in [0.15, 0.2) is 18.2 Å². The minimum atomic E-state index is -1.80. The average molecular weight is 285 g/mol. The quantitative estimate of drug-likeness (QED) is 0.605. The average Bonchev–Trinajstić information content (AvgIpc) is 2.43. The smallest absolute Gasteiger partial charge is 0.423 e. The zero-order chi connectivity index (χ0) is 15.0. The molecule has 0 heterocycles. The molecule has 0 atom stereocenters. The van der Waals surface area contributed by atoms with Crippen LogP contribution in [0, 0.1) is 5.82 Å². The van der Waals surface area contributed by atoms with Crippen LogP contribution >= 0.6 is 0 Å². The molecule has 0 aliphatic carbocycles. The van der Waals surface area contributed by atoms with Gasteiger partial charge in [0.15, 0.2) is 0 Å². The number of ether oxygens (including phenoxy) is 2. The summed E-state index contributed by atoms with van der Waals surface area (Å²) in [6.45, 7) is 3.16. The summed E-state index contributed by atoms with van der Waals surface area (Å²) in [5, 5.41) is 18.2. The molecule has 1 aromatic rings. The normalized spacial score (nSPS) is 11.1. The molecule has 0 bridgehead atoms. The first kappa shape index (κ1) is 17.1. The van der Waals surface area contributed by atoms with Gasteiger partial charge < -0.3 is 19.5 Å². The Morgan fingerprint density at radius 2 is 1.75 bits per heavy atom. The molecule has 0 aliphatic heterocycles. The Morgan fingerprint density at radius 3 is 2.25 bits per heavy atom. The van der Waals surface area contributed by atoms with Crippen LogP contribution in [0.3, 0.4) is 0 Å². The van der Waals surface area contributed by atoms with Crippen molar-refractivity contribution < 1.29 is 23.9 Å². The summed E-state index contributed by atoms with van der Waals surface area (Å²) in [6, 6.07) is 4.34. The summed E-state index contributed by atoms with van der Waals surface area (Å²) in [6.07, 6.45) is 0. The molecule has 0 fully saturated rings. The lowest BCUT2D eigenvalue weighted by Gasteiger charge is -2.22. The lowest BCUT2D eigenvalue weighted by molar-refractivity contribution is 0.110. The highest BCUT2D eigenvalue weighted by atomic mass is 19.1. The van der Waals surface area contributed by atoms with Crippen molar-refractivity contribution in [3.05, 3.63) is 29.6 Å². The van der Waals surface area contributed by atoms with Crippen molar-refractivity contribution in [3.8, 4) is 0 Å². The molecule has 20 heavy (non-hydrogen) atoms. The van der Waals surface area contributed by atoms with Crippen LogP contribution in [0.1, 0.15) is 5.56 Å². The van der Waals surface area contributed by atoms with E-state index in [1.54, 1.807) is 20.3 Å². The molecule has 0 aromatic heterocycles. The van der Waals surface area contributed by atoms with Gasteiger partial charge in [-0.1, -0.05) is 12.1 Å². The molecule has 1 rings (SSSR count). The zero-order valence-electron chi connectivity index (χ0n) is 11.9. The summed E-state index contributed by atoms with van der Waals surface area (Å²) in [5.74, 6) is -0.621. The second-order valence-electron chi connectivity index (χ2n) is 4.49. The lowest BCUT2D eigenvalue weighted by atomic mass is 9.79. The van der Waals surface area contributed by atoms with Gasteiger partial charge >= 0.3 is 7.12 Å². The van der Waals surface area contributed by atoms with Crippen molar-refractivity contribution in [1.82, 2.24) is 4.90 Å². The molecule has 0 aliphatic rings. The molecule has 7 heteroatoms. The first-order valence-corrected chi connectivity index (χ1v) is 6.43. The summed E-state index contributed by atoms with van der Waals surface area (Å²) >= 11 is 0. The van der Waals surface area contributed by atoms with Gasteiger partial charge in [-0.25, -0.2) is 4.39 Å². The molecule has 0 saturated carbocycles. The highest BCUT2D eigenvalue weighted by Gasteiger charge is 2.17. The summed E-state index contributed by atoms with van der Waals surface area (Å²) < 4.78 is 23.5. The SMILES string of the molecule is COCCN(CCOC)Cc1ccc(F)c(B(O)O)c1. The fourth-order valence-corrected chi connectivity index (χ4v) is 1.86. The predicted molar refractivity (Wildman–Crippen MR) is 75.3 cm³/mol. The van der Waals surface area contributed by atoms with E-state index >= 15 is 0 Å². The van der Waals surface area contributed by atoms with Crippen molar-refractivity contribution in [2.24, 2.45) is 0 Å². The molecular weight excluding hydrogens is 264 g/mol. The fraction of sp³-hybridized carbons (Fsp3) is 0.538. The Hall–Kier alpha value is -0.985. The Morgan fingerprint density at radius 1 is 1.15 bits per heavy atom. The number of halogens is 1. The lowest BCUT2D eigenvalue weighted by Crippen LogP contribution is -2.34. The molecule has 112 valence electrons. The number of hydrogen-bond donors (Lipinski definition) is 2. The van der Waals surface area contributed by atoms with Crippen molar-refractivity contribution in [1.29, 1.82) is 0 Å². The molecule has 1 aromatic carbocycles. The predicted octanol–water partition coefficient (Wildman–Crippen LogP) is -0.400. The third kappa shape index (κ3) is 5.56. The minimum absolute atomic E-state index is 0.110. The van der Waals surface area contributed by atoms with Crippen molar-refractivity contribution in [2.45, 2.75) is 6.54 Å². The van der Waals surface area contributed by atoms with Gasteiger partial charge in [-0.15, -0.1) is 0 Å². The third-order valence-electron chi connectivity index (χ3n) is 2.97. The molecular formula is C13H21BFNO4. The molecule has 0 saturated heterocycles. The van der Waals surface area contributed by atoms with Gasteiger partial charge in [-0.05, 0) is 11.6 Å². The first-order valence-electron chi connectivity index (χ1n) is 6.43. The van der Waals surface area contributed by atoms with Gasteiger partial charge in [-0.3, -0.25) is 4.90 Å². The van der Waals surface area contributed by atoms with Gasteiger partial charge in [-0.2, -0.15) is 0 Å². The van der Waals surface area contributed by atoms with Crippen LogP contribution in [0.4, 0.5) is 4.39 Å². The summed E-state index contributed by atoms with van der Waals surface area (Å²) in [7, 11) is 1.46. The van der Waals surface area contributed by atoms with Crippen LogP contribution in [0.25, 0.3) is 0 Å². The zero-order valence-corrected chi connectivity index (χ0v) is 11.9. The van der Waals surface area contributed by atoms with Gasteiger partial charge in [0.1, 0.15) is 5.82 Å². The Kier molecular flexibility index (Phi) is 7.72. The van der Waals surface area contributed by atoms with E-state index in [2.05, 4.69) is 4.90 Å². The van der Waals surface area contributed by atoms with Crippen molar-refractivity contribution in [3.63, 3.8) is 0 Å². The maximum Gasteiger partial charge on any atom is 0.491 e. The topological polar surface area (TPSA) is 62.2 Å². The second kappa shape index (κ2) is 9.04. The van der Waals surface area contributed by atoms with E-state index in [1.807, 2.05) is 0 Å². The van der Waals surface area contributed by atoms with Crippen molar-refractivity contribution >= 4 is 12.6 Å². The van der Waals surface area contributed by atoms with Crippen LogP contribution in [-0.4, -0.2) is 62.6 Å². The van der Waals surface area contributed by atoms with E-state index < -0.39 is 12.9 Å². The molecule has 2 N–H and O–H groups in total. The second-order valence-corrected chi connectivity index (χ2v) is 4.49. The largest absolute Gasteiger partial charge is 0.491 e. The maximum absolute atomic E-state index is 13.4. The Labute approximate surface area is 119 Å². The Balaban J connectivity index is 2.73. The molecule has 0 spiro atoms. The first-order chi connectivity index (χ1) is 9.58. The fourth-order valence-electron chi connectivity index (χ4n) is 1.86. The Bertz CT molecular complexity index is 398. The van der Waals surface area contributed by atoms with Gasteiger partial charge in [0, 0.05) is 39.3 Å². The summed E-state index contributed by atoms with van der Waals surface area (Å²) in [5.41, 5.74) is 0.697. The van der Waals surface area contributed by atoms with Crippen molar-refractivity contribution in [2.75, 3.05) is 40.5 Å². The van der Waals surface area contributed by atoms with E-state index in [0.717, 1.165) is 5.56 Å². The molecule has 0 unspecified atom stereocenters. The van der Waals surface area contributed by atoms with E-state index in [-0.39, 0.29) is 5.46 Å². The van der Waals surface area contributed by atoms with E-state index in [4.69, 9.17) is 19.5 Å². The number of nitrogens with zero attached hydrogens (tertiary/aromatic N) is 1. The monoisotopic (exact) mass is 285 g/mol. The highest BCUT2D eigenvalue weighted by Crippen LogP contribution is 2.06. The number of hydrogen-bond acceptors (Lipinski definition) is 5. The maximum atomic E-state index is 13.4. The van der Waals surface area contributed by atoms with Crippen LogP contribution in [-0.2, 0) is 16.0 Å². The van der Waals surface area contributed by atoms with Crippen LogP contribution < -0.4 is 5.46 Å². The summed E-state index contributed by atoms with van der Waals surface area (Å²) in [4.78, 5) is 2.09. The number of benzene rings is 1. The van der Waals surface area contributed by atoms with Crippen LogP contribution in [0.2, 0.25) is 0 Å². The molecule has 0 amide bonds. The third-order valence-corrected chi connectivity index (χ3v) is 2.97.